The minimum atomic E-state index is -2.92. The molecule has 3 saturated heterocycles. The van der Waals surface area contributed by atoms with Crippen LogP contribution in [-0.4, -0.2) is 118 Å². The second kappa shape index (κ2) is 20.6. The first-order valence-electron chi connectivity index (χ1n) is 24.4. The topological polar surface area (TPSA) is 202 Å². The third-order valence-electron chi connectivity index (χ3n) is 14.1. The van der Waals surface area contributed by atoms with E-state index in [1.165, 1.54) is 15.3 Å². The Morgan fingerprint density at radius 3 is 2.39 bits per heavy atom. The highest BCUT2D eigenvalue weighted by atomic mass is 79.9. The first-order valence-corrected chi connectivity index (χ1v) is 27.8. The summed E-state index contributed by atoms with van der Waals surface area (Å²) in [4.78, 5) is 67.1. The Bertz CT molecular complexity index is 3210. The minimum Gasteiger partial charge on any atom is -0.492 e. The molecule has 2 amide bonds. The van der Waals surface area contributed by atoms with E-state index in [-0.39, 0.29) is 29.5 Å². The third kappa shape index (κ3) is 10.1. The maximum absolute atomic E-state index is 15.7. The van der Waals surface area contributed by atoms with Crippen molar-refractivity contribution >= 4 is 90.9 Å². The number of piperazine rings is 1. The normalized spacial score (nSPS) is 17.6. The zero-order valence-electron chi connectivity index (χ0n) is 40.9. The van der Waals surface area contributed by atoms with Gasteiger partial charge in [0.2, 0.25) is 17.8 Å². The molecule has 3 aliphatic rings. The number of fused-ring (bicyclic) bond motifs is 2. The summed E-state index contributed by atoms with van der Waals surface area (Å²) in [6.45, 7) is 17.9. The molecule has 3 N–H and O–H groups in total. The molecule has 0 aliphatic carbocycles. The second-order valence-corrected chi connectivity index (χ2v) is 22.8. The monoisotopic (exact) mass is 1060 g/mol. The number of aryl methyl sites for hydroxylation is 3. The van der Waals surface area contributed by atoms with Crippen molar-refractivity contribution < 1.29 is 27.7 Å². The fraction of sp³-hybridized carbons (Fsp3) is 0.460. The number of nitrogens with zero attached hydrogens (tertiary/aromatic N) is 8. The van der Waals surface area contributed by atoms with Gasteiger partial charge in [0.25, 0.3) is 5.56 Å². The van der Waals surface area contributed by atoms with E-state index in [9.17, 15) is 23.7 Å². The molecule has 9 rings (SSSR count). The Morgan fingerprint density at radius 1 is 0.944 bits per heavy atom. The number of aromatic nitrogens is 5. The molecule has 21 heteroatoms. The van der Waals surface area contributed by atoms with Gasteiger partial charge in [0.05, 0.1) is 39.6 Å². The Kier molecular flexibility index (Phi) is 14.5. The lowest BCUT2D eigenvalue weighted by atomic mass is 9.99. The number of oxazole rings is 1. The largest absolute Gasteiger partial charge is 0.492 e. The number of benzene rings is 3. The van der Waals surface area contributed by atoms with Crippen LogP contribution in [0.15, 0.2) is 61.2 Å². The average molecular weight is 1060 g/mol. The van der Waals surface area contributed by atoms with Gasteiger partial charge in [-0.1, -0.05) is 6.92 Å². The van der Waals surface area contributed by atoms with Crippen LogP contribution in [0.3, 0.4) is 0 Å². The zero-order chi connectivity index (χ0) is 50.3. The molecular weight excluding hydrogens is 996 g/mol. The maximum atomic E-state index is 15.7. The van der Waals surface area contributed by atoms with Gasteiger partial charge < -0.3 is 34.2 Å². The number of ether oxygens (including phenoxy) is 1. The fourth-order valence-corrected chi connectivity index (χ4v) is 12.2. The summed E-state index contributed by atoms with van der Waals surface area (Å²) in [6, 6.07) is 8.52. The van der Waals surface area contributed by atoms with Gasteiger partial charge in [-0.05, 0) is 111 Å². The predicted octanol–water partition coefficient (Wildman–Crippen LogP) is 6.83. The van der Waals surface area contributed by atoms with Gasteiger partial charge >= 0.3 is 5.76 Å². The molecule has 18 nitrogen and oxygen atoms in total. The molecule has 0 bridgehead atoms. The number of nitrogens with one attached hydrogen (secondary N) is 3. The van der Waals surface area contributed by atoms with Gasteiger partial charge in [-0.25, -0.2) is 18.9 Å². The summed E-state index contributed by atoms with van der Waals surface area (Å²) in [6.07, 6.45) is 6.77. The van der Waals surface area contributed by atoms with Gasteiger partial charge in [-0.3, -0.25) is 29.2 Å². The average Bonchev–Trinajstić information content (AvgIpc) is 3.67. The third-order valence-corrected chi connectivity index (χ3v) is 16.2. The van der Waals surface area contributed by atoms with Crippen molar-refractivity contribution in [3.05, 3.63) is 90.6 Å². The number of halogens is 2. The molecule has 71 heavy (non-hydrogen) atoms. The van der Waals surface area contributed by atoms with Crippen LogP contribution in [-0.2, 0) is 33.5 Å². The molecule has 1 unspecified atom stereocenters. The van der Waals surface area contributed by atoms with E-state index in [4.69, 9.17) is 14.1 Å². The second-order valence-electron chi connectivity index (χ2n) is 18.8. The van der Waals surface area contributed by atoms with E-state index in [1.807, 2.05) is 13.8 Å². The number of carbonyl (C=O) groups excluding carboxylic acids is 2. The van der Waals surface area contributed by atoms with Crippen LogP contribution in [0, 0.1) is 12.7 Å². The van der Waals surface area contributed by atoms with Crippen LogP contribution in [0.1, 0.15) is 69.2 Å². The molecular formula is C50H60BrFN11O7P. The van der Waals surface area contributed by atoms with E-state index < -0.39 is 36.6 Å². The van der Waals surface area contributed by atoms with Gasteiger partial charge in [-0.2, -0.15) is 10.1 Å². The lowest BCUT2D eigenvalue weighted by Gasteiger charge is -2.43. The van der Waals surface area contributed by atoms with Crippen LogP contribution in [0.2, 0.25) is 0 Å². The van der Waals surface area contributed by atoms with Crippen molar-refractivity contribution in [3.8, 4) is 5.75 Å². The summed E-state index contributed by atoms with van der Waals surface area (Å²) < 4.78 is 44.5. The van der Waals surface area contributed by atoms with Crippen molar-refractivity contribution in [3.63, 3.8) is 0 Å². The molecule has 376 valence electrons. The summed E-state index contributed by atoms with van der Waals surface area (Å²) >= 11 is 3.59. The summed E-state index contributed by atoms with van der Waals surface area (Å²) in [5, 5.41) is 14.9. The molecule has 3 aliphatic heterocycles. The number of piperidine rings is 2. The number of carbonyl (C=O) groups is 2. The Morgan fingerprint density at radius 2 is 1.70 bits per heavy atom. The van der Waals surface area contributed by atoms with Crippen molar-refractivity contribution in [2.45, 2.75) is 84.8 Å². The van der Waals surface area contributed by atoms with Gasteiger partial charge in [-0.15, -0.1) is 0 Å². The number of amides is 2. The predicted molar refractivity (Wildman–Crippen MR) is 278 cm³/mol. The fourth-order valence-electron chi connectivity index (χ4n) is 10.4. The molecule has 6 aromatic rings. The quantitative estimate of drug-likeness (QED) is 0.0713. The zero-order valence-corrected chi connectivity index (χ0v) is 43.4. The summed E-state index contributed by atoms with van der Waals surface area (Å²) in [5.41, 5.74) is 4.89. The van der Waals surface area contributed by atoms with Gasteiger partial charge in [0.15, 0.2) is 5.58 Å². The van der Waals surface area contributed by atoms with Gasteiger partial charge in [0.1, 0.15) is 30.6 Å². The highest BCUT2D eigenvalue weighted by Gasteiger charge is 2.33. The van der Waals surface area contributed by atoms with Crippen LogP contribution in [0.5, 0.6) is 5.75 Å². The number of imide groups is 1. The molecule has 1 atom stereocenters. The van der Waals surface area contributed by atoms with Crippen molar-refractivity contribution in [1.82, 2.24) is 39.4 Å². The van der Waals surface area contributed by atoms with Crippen molar-refractivity contribution in [2.24, 2.45) is 0 Å². The molecule has 3 aromatic carbocycles. The highest BCUT2D eigenvalue weighted by Crippen LogP contribution is 2.42. The maximum Gasteiger partial charge on any atom is 0.420 e. The molecule has 3 aromatic heterocycles. The number of hydrogen-bond donors (Lipinski definition) is 3. The Labute approximate surface area is 418 Å². The van der Waals surface area contributed by atoms with E-state index in [0.29, 0.717) is 87.0 Å². The lowest BCUT2D eigenvalue weighted by molar-refractivity contribution is -0.135. The smallest absolute Gasteiger partial charge is 0.420 e. The molecule has 6 heterocycles. The van der Waals surface area contributed by atoms with Gasteiger partial charge in [0, 0.05) is 105 Å². The van der Waals surface area contributed by atoms with Crippen molar-refractivity contribution in [2.75, 3.05) is 81.3 Å². The molecule has 0 radical (unpaired) electrons. The Balaban J connectivity index is 0.830. The number of hydrogen-bond acceptors (Lipinski definition) is 15. The minimum absolute atomic E-state index is 0.0894. The van der Waals surface area contributed by atoms with Crippen LogP contribution in [0.4, 0.5) is 33.2 Å². The van der Waals surface area contributed by atoms with E-state index in [1.54, 1.807) is 44.8 Å². The lowest BCUT2D eigenvalue weighted by Crippen LogP contribution is -2.53. The number of anilines is 5. The van der Waals surface area contributed by atoms with E-state index in [2.05, 4.69) is 75.7 Å². The summed E-state index contributed by atoms with van der Waals surface area (Å²) in [7, 11) is -2.92. The summed E-state index contributed by atoms with van der Waals surface area (Å²) in [5.74, 6) is -0.718. The SMILES string of the molecule is CCOc1cc(N2CCC(N3CCN(CCc4c(F)cc5c(oc(=O)n5C5CCC(=O)NC5=O)c4C)CC3)CC2)c(CC)cc1Nc1ncc(Br)c(Nc2ccc3c(=O)n(CC)ncc3c2P(C)(C)=O)n1. The van der Waals surface area contributed by atoms with Crippen LogP contribution < -0.4 is 42.2 Å². The first kappa shape index (κ1) is 50.0. The van der Waals surface area contributed by atoms with Crippen molar-refractivity contribution in [1.29, 1.82) is 0 Å². The van der Waals surface area contributed by atoms with E-state index >= 15 is 4.39 Å². The van der Waals surface area contributed by atoms with Crippen LogP contribution >= 0.6 is 23.1 Å². The van der Waals surface area contributed by atoms with E-state index in [0.717, 1.165) is 75.5 Å². The Hall–Kier alpha value is -5.95. The highest BCUT2D eigenvalue weighted by molar-refractivity contribution is 9.10. The molecule has 3 fully saturated rings. The van der Waals surface area contributed by atoms with Crippen LogP contribution in [0.25, 0.3) is 21.9 Å². The molecule has 0 spiro atoms. The first-order chi connectivity index (χ1) is 34.1. The number of rotatable bonds is 15. The standard InChI is InChI=1S/C50H60BrFN11O7P/c1-7-30-24-38(56-49-53-28-35(51)46(58-49)55-37-11-10-33-34(45(37)71(5,6)68)27-54-62(8-2)48(33)66)42(69-9-3)26-40(30)61-18-14-31(15-19-61)60-22-20-59(21-23-60)17-16-32-29(4)44-41(25-36(32)52)63(50(67)70-44)39-12-13-43(64)57-47(39)65/h10-11,24-28,31,39H,7-9,12-23H2,1-6H3,(H,57,64,65)(H2,53,55,56,58). The molecule has 0 saturated carbocycles.